The summed E-state index contributed by atoms with van der Waals surface area (Å²) in [5.41, 5.74) is 2.90. The fourth-order valence-corrected chi connectivity index (χ4v) is 3.14. The van der Waals surface area contributed by atoms with Crippen LogP contribution < -0.4 is 10.2 Å². The summed E-state index contributed by atoms with van der Waals surface area (Å²) in [7, 11) is 0. The highest BCUT2D eigenvalue weighted by Gasteiger charge is 2.10. The summed E-state index contributed by atoms with van der Waals surface area (Å²) in [4.78, 5) is 12.0. The van der Waals surface area contributed by atoms with E-state index in [1.165, 1.54) is 6.07 Å². The first kappa shape index (κ1) is 21.2. The Balaban J connectivity index is 1.84. The molecule has 0 aromatic heterocycles. The van der Waals surface area contributed by atoms with Gasteiger partial charge in [-0.25, -0.2) is 4.39 Å². The molecule has 0 unspecified atom stereocenters. The van der Waals surface area contributed by atoms with E-state index in [2.05, 4.69) is 13.0 Å². The molecule has 0 spiro atoms. The largest absolute Gasteiger partial charge is 0.493 e. The van der Waals surface area contributed by atoms with Gasteiger partial charge in [0, 0.05) is 25.3 Å². The van der Waals surface area contributed by atoms with Gasteiger partial charge in [-0.05, 0) is 29.1 Å². The van der Waals surface area contributed by atoms with Crippen LogP contribution in [0, 0.1) is 5.82 Å². The average Bonchev–Trinajstić information content (AvgIpc) is 2.62. The Morgan fingerprint density at radius 2 is 1.85 bits per heavy atom. The van der Waals surface area contributed by atoms with Crippen LogP contribution in [0.15, 0.2) is 42.5 Å². The average molecular weight is 368 g/mol. The molecule has 0 aliphatic carbocycles. The Hall–Kier alpha value is -2.10. The summed E-state index contributed by atoms with van der Waals surface area (Å²) in [6.45, 7) is 6.73. The number of benzene rings is 2. The van der Waals surface area contributed by atoms with Gasteiger partial charge >= 0.3 is 0 Å². The predicted octanol–water partition coefficient (Wildman–Crippen LogP) is 5.10. The van der Waals surface area contributed by atoms with E-state index in [4.69, 9.17) is 4.74 Å². The number of halogens is 1. The minimum atomic E-state index is -0.217. The molecule has 0 aliphatic rings. The Morgan fingerprint density at radius 3 is 2.56 bits per heavy atom. The highest BCUT2D eigenvalue weighted by atomic mass is 19.1. The number of Topliss-reactive ketones (excluding diaryl/α,β-unsaturated/α-hetero) is 1. The summed E-state index contributed by atoms with van der Waals surface area (Å²) in [5.74, 6) is 0.641. The highest BCUT2D eigenvalue weighted by molar-refractivity contribution is 6.70. The van der Waals surface area contributed by atoms with Crippen molar-refractivity contribution in [1.29, 1.82) is 0 Å². The molecule has 0 aliphatic heterocycles. The first-order valence-corrected chi connectivity index (χ1v) is 10.0. The Morgan fingerprint density at radius 1 is 1.07 bits per heavy atom. The van der Waals surface area contributed by atoms with Gasteiger partial charge in [0.2, 0.25) is 0 Å². The van der Waals surface area contributed by atoms with Crippen molar-refractivity contribution in [2.75, 3.05) is 6.61 Å². The molecule has 2 aromatic carbocycles. The molecule has 0 heterocycles. The lowest BCUT2D eigenvalue weighted by Gasteiger charge is -2.10. The predicted molar refractivity (Wildman–Crippen MR) is 112 cm³/mol. The van der Waals surface area contributed by atoms with Crippen molar-refractivity contribution in [3.05, 3.63) is 59.4 Å². The molecular weight excluding hydrogens is 338 g/mol. The van der Waals surface area contributed by atoms with Gasteiger partial charge in [0.15, 0.2) is 6.71 Å². The smallest absolute Gasteiger partial charge is 0.173 e. The van der Waals surface area contributed by atoms with E-state index in [9.17, 15) is 9.18 Å². The van der Waals surface area contributed by atoms with Crippen LogP contribution in [0.25, 0.3) is 0 Å². The normalized spacial score (nSPS) is 10.7. The maximum atomic E-state index is 14.0. The molecule has 0 amide bonds. The fourth-order valence-electron chi connectivity index (χ4n) is 3.14. The lowest BCUT2D eigenvalue weighted by atomic mass is 9.49. The number of ether oxygens (including phenoxy) is 1. The van der Waals surface area contributed by atoms with Gasteiger partial charge in [-0.1, -0.05) is 63.7 Å². The summed E-state index contributed by atoms with van der Waals surface area (Å²) < 4.78 is 19.7. The van der Waals surface area contributed by atoms with E-state index in [1.807, 2.05) is 37.9 Å². The molecule has 0 N–H and O–H groups in total. The van der Waals surface area contributed by atoms with Crippen molar-refractivity contribution >= 4 is 18.0 Å². The molecule has 2 nitrogen and oxygen atoms in total. The van der Waals surface area contributed by atoms with Crippen LogP contribution in [0.1, 0.15) is 43.7 Å². The number of carbonyl (C=O) groups excluding carboxylic acids is 1. The monoisotopic (exact) mass is 368 g/mol. The van der Waals surface area contributed by atoms with Crippen LogP contribution in [-0.4, -0.2) is 19.1 Å². The van der Waals surface area contributed by atoms with Crippen LogP contribution in [0.2, 0.25) is 13.6 Å². The number of rotatable bonds is 11. The van der Waals surface area contributed by atoms with E-state index in [0.717, 1.165) is 36.8 Å². The maximum absolute atomic E-state index is 14.0. The van der Waals surface area contributed by atoms with Crippen molar-refractivity contribution in [2.24, 2.45) is 0 Å². The van der Waals surface area contributed by atoms with E-state index >= 15 is 0 Å². The van der Waals surface area contributed by atoms with Crippen molar-refractivity contribution < 1.29 is 13.9 Å². The summed E-state index contributed by atoms with van der Waals surface area (Å²) in [6, 6.07) is 13.2. The van der Waals surface area contributed by atoms with Crippen LogP contribution in [-0.2, 0) is 17.6 Å². The van der Waals surface area contributed by atoms with Crippen LogP contribution >= 0.6 is 0 Å². The van der Waals surface area contributed by atoms with Crippen LogP contribution in [0.3, 0.4) is 0 Å². The molecule has 0 bridgehead atoms. The van der Waals surface area contributed by atoms with Crippen molar-refractivity contribution in [3.63, 3.8) is 0 Å². The minimum Gasteiger partial charge on any atom is -0.493 e. The van der Waals surface area contributed by atoms with Crippen molar-refractivity contribution in [1.82, 2.24) is 0 Å². The molecule has 0 radical (unpaired) electrons. The van der Waals surface area contributed by atoms with E-state index in [-0.39, 0.29) is 12.5 Å². The van der Waals surface area contributed by atoms with Gasteiger partial charge in [-0.2, -0.15) is 0 Å². The Bertz CT molecular complexity index is 743. The molecule has 2 aromatic rings. The molecule has 27 heavy (non-hydrogen) atoms. The van der Waals surface area contributed by atoms with Gasteiger partial charge in [0.1, 0.15) is 17.3 Å². The second kappa shape index (κ2) is 10.9. The molecule has 0 atom stereocenters. The van der Waals surface area contributed by atoms with E-state index < -0.39 is 0 Å². The quantitative estimate of drug-likeness (QED) is 0.407. The third kappa shape index (κ3) is 7.20. The van der Waals surface area contributed by atoms with Crippen molar-refractivity contribution in [3.8, 4) is 5.75 Å². The first-order valence-electron chi connectivity index (χ1n) is 10.0. The number of carbonyl (C=O) groups is 1. The zero-order valence-electron chi connectivity index (χ0n) is 16.8. The zero-order chi connectivity index (χ0) is 19.6. The van der Waals surface area contributed by atoms with Crippen LogP contribution in [0.4, 0.5) is 4.39 Å². The first-order chi connectivity index (χ1) is 13.0. The van der Waals surface area contributed by atoms with E-state index in [1.54, 1.807) is 6.07 Å². The molecule has 0 fully saturated rings. The second-order valence-electron chi connectivity index (χ2n) is 7.43. The SMILES string of the molecule is CCCCCC(=O)Cc1cccc(CCOc2ccc(B(C)C)c(F)c2)c1. The molecule has 4 heteroatoms. The molecule has 0 saturated carbocycles. The van der Waals surface area contributed by atoms with E-state index in [0.29, 0.717) is 36.4 Å². The number of hydrogen-bond donors (Lipinski definition) is 0. The highest BCUT2D eigenvalue weighted by Crippen LogP contribution is 2.14. The van der Waals surface area contributed by atoms with Gasteiger partial charge < -0.3 is 4.74 Å². The summed E-state index contributed by atoms with van der Waals surface area (Å²) >= 11 is 0. The van der Waals surface area contributed by atoms with Crippen molar-refractivity contribution in [2.45, 2.75) is 59.1 Å². The molecule has 0 saturated heterocycles. The van der Waals surface area contributed by atoms with Gasteiger partial charge in [0.05, 0.1) is 6.61 Å². The topological polar surface area (TPSA) is 26.3 Å². The van der Waals surface area contributed by atoms with Crippen LogP contribution in [0.5, 0.6) is 5.75 Å². The van der Waals surface area contributed by atoms with Gasteiger partial charge in [-0.15, -0.1) is 0 Å². The molecule has 144 valence electrons. The number of unbranched alkanes of at least 4 members (excludes halogenated alkanes) is 2. The third-order valence-electron chi connectivity index (χ3n) is 4.71. The summed E-state index contributed by atoms with van der Waals surface area (Å²) in [5, 5.41) is 0. The molecule has 2 rings (SSSR count). The molecular formula is C23H30BFO2. The zero-order valence-corrected chi connectivity index (χ0v) is 16.8. The summed E-state index contributed by atoms with van der Waals surface area (Å²) in [6.07, 6.45) is 5.12. The fraction of sp³-hybridized carbons (Fsp3) is 0.435. The third-order valence-corrected chi connectivity index (χ3v) is 4.71. The minimum absolute atomic E-state index is 0.159. The Labute approximate surface area is 163 Å². The standard InChI is InChI=1S/C23H30BFO2/c1-4-5-6-10-20(26)16-19-9-7-8-18(15-19)13-14-27-21-11-12-22(24(2)3)23(25)17-21/h7-9,11-12,15,17H,4-6,10,13-14,16H2,1-3H3. The lowest BCUT2D eigenvalue weighted by Crippen LogP contribution is -2.25. The van der Waals surface area contributed by atoms with Gasteiger partial charge in [-0.3, -0.25) is 4.79 Å². The number of hydrogen-bond acceptors (Lipinski definition) is 2. The lowest BCUT2D eigenvalue weighted by molar-refractivity contribution is -0.118. The van der Waals surface area contributed by atoms with Gasteiger partial charge in [0.25, 0.3) is 0 Å². The Kier molecular flexibility index (Phi) is 8.57. The number of ketones is 1. The second-order valence-corrected chi connectivity index (χ2v) is 7.43. The maximum Gasteiger partial charge on any atom is 0.173 e.